The number of amides is 1. The lowest BCUT2D eigenvalue weighted by Gasteiger charge is -2.34. The van der Waals surface area contributed by atoms with E-state index in [-0.39, 0.29) is 17.9 Å². The van der Waals surface area contributed by atoms with Crippen molar-refractivity contribution in [1.29, 1.82) is 0 Å². The van der Waals surface area contributed by atoms with Crippen molar-refractivity contribution in [3.05, 3.63) is 10.7 Å². The molecule has 3 rings (SSSR count). The van der Waals surface area contributed by atoms with E-state index in [2.05, 4.69) is 36.1 Å². The van der Waals surface area contributed by atoms with Crippen molar-refractivity contribution >= 4 is 39.4 Å². The molecule has 1 N–H and O–H groups in total. The fourth-order valence-corrected chi connectivity index (χ4v) is 3.98. The summed E-state index contributed by atoms with van der Waals surface area (Å²) in [5.41, 5.74) is 0. The van der Waals surface area contributed by atoms with Gasteiger partial charge in [-0.3, -0.25) is 4.79 Å². The lowest BCUT2D eigenvalue weighted by atomic mass is 9.96. The van der Waals surface area contributed by atoms with E-state index in [9.17, 15) is 4.79 Å². The molecule has 1 amide bonds. The third-order valence-electron chi connectivity index (χ3n) is 4.55. The summed E-state index contributed by atoms with van der Waals surface area (Å²) in [7, 11) is 0. The zero-order valence-electron chi connectivity index (χ0n) is 13.8. The molecule has 6 nitrogen and oxygen atoms in total. The molecule has 2 saturated heterocycles. The number of hydrogen-bond donors (Lipinski definition) is 1. The smallest absolute Gasteiger partial charge is 0.225 e. The summed E-state index contributed by atoms with van der Waals surface area (Å²) in [6.07, 6.45) is 7.52. The molecule has 1 aromatic rings. The number of hydrogen-bond acceptors (Lipinski definition) is 6. The predicted molar refractivity (Wildman–Crippen MR) is 98.4 cm³/mol. The maximum atomic E-state index is 12.6. The summed E-state index contributed by atoms with van der Waals surface area (Å²) in [6, 6.07) is 0.260. The monoisotopic (exact) mass is 414 g/mol. The minimum Gasteiger partial charge on any atom is -0.381 e. The molecule has 24 heavy (non-hydrogen) atoms. The first-order valence-electron chi connectivity index (χ1n) is 8.37. The number of anilines is 1. The second kappa shape index (κ2) is 8.49. The van der Waals surface area contributed by atoms with E-state index in [4.69, 9.17) is 4.74 Å². The Balaban J connectivity index is 1.64. The zero-order chi connectivity index (χ0) is 16.9. The molecule has 0 radical (unpaired) electrons. The summed E-state index contributed by atoms with van der Waals surface area (Å²) in [5.74, 6) is 1.07. The Labute approximate surface area is 155 Å². The van der Waals surface area contributed by atoms with Crippen LogP contribution in [0.25, 0.3) is 0 Å². The van der Waals surface area contributed by atoms with E-state index < -0.39 is 0 Å². The first-order valence-corrected chi connectivity index (χ1v) is 10.4. The van der Waals surface area contributed by atoms with Crippen molar-refractivity contribution in [2.75, 3.05) is 37.5 Å². The average Bonchev–Trinajstić information content (AvgIpc) is 2.63. The number of carbonyl (C=O) groups excluding carboxylic acids is 1. The number of carbonyl (C=O) groups is 1. The van der Waals surface area contributed by atoms with Crippen molar-refractivity contribution < 1.29 is 9.53 Å². The Bertz CT molecular complexity index is 583. The molecule has 0 aliphatic carbocycles. The van der Waals surface area contributed by atoms with Gasteiger partial charge in [-0.15, -0.1) is 0 Å². The Morgan fingerprint density at radius 3 is 2.96 bits per heavy atom. The van der Waals surface area contributed by atoms with Gasteiger partial charge in [-0.25, -0.2) is 9.97 Å². The van der Waals surface area contributed by atoms with E-state index in [1.807, 2.05) is 6.26 Å². The molecule has 132 valence electrons. The van der Waals surface area contributed by atoms with Crippen molar-refractivity contribution in [2.24, 2.45) is 5.92 Å². The van der Waals surface area contributed by atoms with Crippen molar-refractivity contribution in [2.45, 2.75) is 36.9 Å². The van der Waals surface area contributed by atoms with Gasteiger partial charge < -0.3 is 15.0 Å². The molecule has 0 bridgehead atoms. The highest BCUT2D eigenvalue weighted by Gasteiger charge is 2.29. The third-order valence-corrected chi connectivity index (χ3v) is 5.67. The molecular formula is C16H23BrN4O2S. The number of nitrogens with zero attached hydrogens (tertiary/aromatic N) is 3. The standard InChI is InChI=1S/C16H23BrN4O2S/c1-24-16-18-9-13(17)14(20-16)21-6-2-3-11(10-21)15(22)19-12-4-7-23-8-5-12/h9,11-12H,2-8,10H2,1H3,(H,19,22). The lowest BCUT2D eigenvalue weighted by Crippen LogP contribution is -2.47. The highest BCUT2D eigenvalue weighted by Crippen LogP contribution is 2.29. The van der Waals surface area contributed by atoms with Gasteiger partial charge in [0.25, 0.3) is 0 Å². The van der Waals surface area contributed by atoms with E-state index in [0.29, 0.717) is 6.54 Å². The van der Waals surface area contributed by atoms with Crippen LogP contribution in [0.3, 0.4) is 0 Å². The van der Waals surface area contributed by atoms with E-state index in [1.165, 1.54) is 11.8 Å². The number of halogens is 1. The van der Waals surface area contributed by atoms with Gasteiger partial charge in [0.05, 0.1) is 10.4 Å². The SMILES string of the molecule is CSc1ncc(Br)c(N2CCCC(C(=O)NC3CCOCC3)C2)n1. The van der Waals surface area contributed by atoms with Crippen LogP contribution in [-0.4, -0.2) is 54.5 Å². The van der Waals surface area contributed by atoms with Gasteiger partial charge in [-0.1, -0.05) is 11.8 Å². The average molecular weight is 415 g/mol. The number of rotatable bonds is 4. The summed E-state index contributed by atoms with van der Waals surface area (Å²) < 4.78 is 6.24. The highest BCUT2D eigenvalue weighted by molar-refractivity contribution is 9.10. The Kier molecular flexibility index (Phi) is 6.35. The number of thioether (sulfide) groups is 1. The Morgan fingerprint density at radius 2 is 2.21 bits per heavy atom. The van der Waals surface area contributed by atoms with Crippen LogP contribution in [0, 0.1) is 5.92 Å². The number of piperidine rings is 1. The van der Waals surface area contributed by atoms with Gasteiger partial charge in [0.2, 0.25) is 5.91 Å². The van der Waals surface area contributed by atoms with Crippen molar-refractivity contribution in [3.63, 3.8) is 0 Å². The molecule has 2 fully saturated rings. The summed E-state index contributed by atoms with van der Waals surface area (Å²) >= 11 is 5.07. The highest BCUT2D eigenvalue weighted by atomic mass is 79.9. The van der Waals surface area contributed by atoms with Gasteiger partial charge in [0, 0.05) is 38.5 Å². The normalized spacial score (nSPS) is 22.4. The van der Waals surface area contributed by atoms with Gasteiger partial charge in [0.1, 0.15) is 5.82 Å². The Hall–Kier alpha value is -0.860. The van der Waals surface area contributed by atoms with Crippen LogP contribution in [0.4, 0.5) is 5.82 Å². The minimum atomic E-state index is 0.0150. The lowest BCUT2D eigenvalue weighted by molar-refractivity contribution is -0.126. The van der Waals surface area contributed by atoms with Crippen LogP contribution >= 0.6 is 27.7 Å². The second-order valence-corrected chi connectivity index (χ2v) is 7.84. The molecule has 1 unspecified atom stereocenters. The zero-order valence-corrected chi connectivity index (χ0v) is 16.2. The van der Waals surface area contributed by atoms with Crippen molar-refractivity contribution in [3.8, 4) is 0 Å². The predicted octanol–water partition coefficient (Wildman–Crippen LogP) is 2.47. The van der Waals surface area contributed by atoms with Gasteiger partial charge in [-0.2, -0.15) is 0 Å². The second-order valence-electron chi connectivity index (χ2n) is 6.21. The molecular weight excluding hydrogens is 392 g/mol. The third kappa shape index (κ3) is 4.40. The molecule has 0 saturated carbocycles. The molecule has 0 aromatic carbocycles. The van der Waals surface area contributed by atoms with Crippen LogP contribution < -0.4 is 10.2 Å². The molecule has 1 atom stereocenters. The quantitative estimate of drug-likeness (QED) is 0.602. The molecule has 3 heterocycles. The topological polar surface area (TPSA) is 67.4 Å². The molecule has 2 aliphatic rings. The first kappa shape index (κ1) is 17.9. The van der Waals surface area contributed by atoms with Gasteiger partial charge in [0.15, 0.2) is 5.16 Å². The minimum absolute atomic E-state index is 0.0150. The van der Waals surface area contributed by atoms with Crippen LogP contribution in [0.15, 0.2) is 15.8 Å². The van der Waals surface area contributed by atoms with Crippen LogP contribution in [0.2, 0.25) is 0 Å². The maximum Gasteiger partial charge on any atom is 0.225 e. The largest absolute Gasteiger partial charge is 0.381 e. The summed E-state index contributed by atoms with van der Waals surface area (Å²) in [5, 5.41) is 3.96. The summed E-state index contributed by atoms with van der Waals surface area (Å²) in [6.45, 7) is 3.11. The van der Waals surface area contributed by atoms with Gasteiger partial charge in [-0.05, 0) is 47.9 Å². The fraction of sp³-hybridized carbons (Fsp3) is 0.688. The van der Waals surface area contributed by atoms with Crippen LogP contribution in [-0.2, 0) is 9.53 Å². The van der Waals surface area contributed by atoms with Gasteiger partial charge >= 0.3 is 0 Å². The first-order chi connectivity index (χ1) is 11.7. The molecule has 2 aliphatic heterocycles. The number of ether oxygens (including phenoxy) is 1. The fourth-order valence-electron chi connectivity index (χ4n) is 3.21. The molecule has 0 spiro atoms. The molecule has 8 heteroatoms. The van der Waals surface area contributed by atoms with Crippen LogP contribution in [0.5, 0.6) is 0 Å². The number of nitrogens with one attached hydrogen (secondary N) is 1. The molecule has 1 aromatic heterocycles. The van der Waals surface area contributed by atoms with E-state index in [0.717, 1.165) is 60.9 Å². The Morgan fingerprint density at radius 1 is 1.42 bits per heavy atom. The number of aromatic nitrogens is 2. The maximum absolute atomic E-state index is 12.6. The summed E-state index contributed by atoms with van der Waals surface area (Å²) in [4.78, 5) is 23.7. The van der Waals surface area contributed by atoms with E-state index >= 15 is 0 Å². The van der Waals surface area contributed by atoms with E-state index in [1.54, 1.807) is 6.20 Å². The van der Waals surface area contributed by atoms with Crippen LogP contribution in [0.1, 0.15) is 25.7 Å². The van der Waals surface area contributed by atoms with Crippen molar-refractivity contribution in [1.82, 2.24) is 15.3 Å².